The van der Waals surface area contributed by atoms with Gasteiger partial charge in [-0.2, -0.15) is 0 Å². The predicted molar refractivity (Wildman–Crippen MR) is 121 cm³/mol. The molecule has 6 nitrogen and oxygen atoms in total. The first-order chi connectivity index (χ1) is 15.5. The number of piperidine rings is 1. The smallest absolute Gasteiger partial charge is 0.319 e. The lowest BCUT2D eigenvalue weighted by Crippen LogP contribution is -2.59. The minimum atomic E-state index is -0.670. The van der Waals surface area contributed by atoms with Crippen LogP contribution in [0.3, 0.4) is 0 Å². The monoisotopic (exact) mass is 435 g/mol. The van der Waals surface area contributed by atoms with Gasteiger partial charge in [-0.3, -0.25) is 14.5 Å². The van der Waals surface area contributed by atoms with Gasteiger partial charge in [-0.25, -0.2) is 4.79 Å². The summed E-state index contributed by atoms with van der Waals surface area (Å²) in [5.74, 6) is -0.480. The highest BCUT2D eigenvalue weighted by molar-refractivity contribution is 6.06. The van der Waals surface area contributed by atoms with Crippen LogP contribution in [0.5, 0.6) is 0 Å². The highest BCUT2D eigenvalue weighted by Crippen LogP contribution is 2.50. The quantitative estimate of drug-likeness (QED) is 0.579. The summed E-state index contributed by atoms with van der Waals surface area (Å²) in [6, 6.07) is 9.90. The van der Waals surface area contributed by atoms with Crippen molar-refractivity contribution in [3.8, 4) is 0 Å². The van der Waals surface area contributed by atoms with Crippen LogP contribution in [0.25, 0.3) is 0 Å². The Balaban J connectivity index is 1.43. The molecule has 1 aromatic rings. The van der Waals surface area contributed by atoms with Crippen LogP contribution in [0.4, 0.5) is 4.79 Å². The van der Waals surface area contributed by atoms with Crippen LogP contribution in [0, 0.1) is 23.7 Å². The molecule has 1 N–H and O–H groups in total. The molecule has 32 heavy (non-hydrogen) atoms. The highest BCUT2D eigenvalue weighted by atomic mass is 16.2. The zero-order valence-corrected chi connectivity index (χ0v) is 18.9. The molecular weight excluding hydrogens is 402 g/mol. The van der Waals surface area contributed by atoms with Crippen molar-refractivity contribution >= 4 is 17.8 Å². The van der Waals surface area contributed by atoms with Crippen molar-refractivity contribution in [2.24, 2.45) is 23.7 Å². The minimum Gasteiger partial charge on any atom is -0.319 e. The number of likely N-dealkylation sites (tertiary alicyclic amines) is 2. The normalized spacial score (nSPS) is 34.6. The third-order valence-corrected chi connectivity index (χ3v) is 8.10. The molecule has 0 aromatic heterocycles. The Labute approximate surface area is 190 Å². The van der Waals surface area contributed by atoms with Crippen molar-refractivity contribution in [1.29, 1.82) is 0 Å². The number of allylic oxidation sites excluding steroid dienone is 2. The van der Waals surface area contributed by atoms with Gasteiger partial charge in [-0.15, -0.1) is 0 Å². The van der Waals surface area contributed by atoms with E-state index in [0.29, 0.717) is 6.42 Å². The topological polar surface area (TPSA) is 69.7 Å². The second kappa shape index (κ2) is 8.38. The first-order valence-electron chi connectivity index (χ1n) is 12.1. The number of nitrogens with zero attached hydrogens (tertiary/aromatic N) is 2. The maximum absolute atomic E-state index is 13.6. The van der Waals surface area contributed by atoms with Gasteiger partial charge in [0.25, 0.3) is 0 Å². The Bertz CT molecular complexity index is 888. The fourth-order valence-corrected chi connectivity index (χ4v) is 6.49. The molecule has 2 heterocycles. The number of hydrogen-bond acceptors (Lipinski definition) is 3. The molecule has 2 aliphatic heterocycles. The van der Waals surface area contributed by atoms with E-state index < -0.39 is 6.17 Å². The van der Waals surface area contributed by atoms with Gasteiger partial charge in [0.2, 0.25) is 11.8 Å². The third-order valence-electron chi connectivity index (χ3n) is 8.10. The van der Waals surface area contributed by atoms with Crippen molar-refractivity contribution in [1.82, 2.24) is 15.1 Å². The first-order valence-corrected chi connectivity index (χ1v) is 12.1. The van der Waals surface area contributed by atoms with Crippen LogP contribution < -0.4 is 5.32 Å². The fourth-order valence-electron chi connectivity index (χ4n) is 6.49. The summed E-state index contributed by atoms with van der Waals surface area (Å²) in [5, 5.41) is 3.11. The molecule has 6 rings (SSSR count). The molecule has 0 radical (unpaired) electrons. The summed E-state index contributed by atoms with van der Waals surface area (Å²) >= 11 is 0. The van der Waals surface area contributed by atoms with Crippen molar-refractivity contribution < 1.29 is 14.4 Å². The summed E-state index contributed by atoms with van der Waals surface area (Å²) in [6.07, 6.45) is 9.00. The van der Waals surface area contributed by atoms with E-state index in [2.05, 4.69) is 31.3 Å². The number of imide groups is 1. The summed E-state index contributed by atoms with van der Waals surface area (Å²) < 4.78 is 0. The number of carbonyl (C=O) groups is 3. The van der Waals surface area contributed by atoms with Crippen LogP contribution >= 0.6 is 0 Å². The standard InChI is InChI=1S/C26H33N3O3/c1-16-7-6-8-17(2)28(16)26(32)27-21(15-18-9-4-3-5-10-18)29-24(30)22-19-11-12-20(14-13-19)23(22)25(29)31/h3-5,9-12,16-17,19-23H,6-8,13-15H2,1-2H3,(H,27,32)/t16-,17+,19-,20-,21-,22-,23-/m0/s1. The van der Waals surface area contributed by atoms with Gasteiger partial charge < -0.3 is 10.2 Å². The Morgan fingerprint density at radius 2 is 1.50 bits per heavy atom. The van der Waals surface area contributed by atoms with Crippen LogP contribution in [0.2, 0.25) is 0 Å². The molecule has 0 spiro atoms. The van der Waals surface area contributed by atoms with Crippen LogP contribution in [-0.4, -0.2) is 45.9 Å². The molecule has 3 aliphatic carbocycles. The highest BCUT2D eigenvalue weighted by Gasteiger charge is 2.58. The molecule has 1 saturated carbocycles. The van der Waals surface area contributed by atoms with Crippen LogP contribution in [0.15, 0.2) is 42.5 Å². The maximum Gasteiger partial charge on any atom is 0.319 e. The molecule has 2 bridgehead atoms. The number of hydrogen-bond donors (Lipinski definition) is 1. The van der Waals surface area contributed by atoms with Gasteiger partial charge in [0.05, 0.1) is 11.8 Å². The lowest BCUT2D eigenvalue weighted by Gasteiger charge is -2.40. The summed E-state index contributed by atoms with van der Waals surface area (Å²) in [6.45, 7) is 4.15. The first kappa shape index (κ1) is 21.2. The van der Waals surface area contributed by atoms with E-state index in [1.807, 2.05) is 35.2 Å². The van der Waals surface area contributed by atoms with Gasteiger partial charge in [0.1, 0.15) is 6.17 Å². The third kappa shape index (κ3) is 3.54. The Morgan fingerprint density at radius 3 is 2.03 bits per heavy atom. The SMILES string of the molecule is C[C@@H]1CCC[C@H](C)N1C(=O)N[C@H](Cc1ccccc1)N1C(=O)[C@@H]2[C@@H](C1=O)[C@H]1C=C[C@H]2CC1. The zero-order valence-electron chi connectivity index (χ0n) is 18.9. The summed E-state index contributed by atoms with van der Waals surface area (Å²) in [4.78, 5) is 43.8. The summed E-state index contributed by atoms with van der Waals surface area (Å²) in [5.41, 5.74) is 0.995. The molecule has 3 fully saturated rings. The van der Waals surface area contributed by atoms with E-state index in [0.717, 1.165) is 37.7 Å². The van der Waals surface area contributed by atoms with Crippen LogP contribution in [0.1, 0.15) is 51.5 Å². The second-order valence-electron chi connectivity index (χ2n) is 10.1. The number of fused-ring (bicyclic) bond motifs is 1. The van der Waals surface area contributed by atoms with Crippen LogP contribution in [-0.2, 0) is 16.0 Å². The summed E-state index contributed by atoms with van der Waals surface area (Å²) in [7, 11) is 0. The molecule has 5 aliphatic rings. The number of carbonyl (C=O) groups excluding carboxylic acids is 3. The molecule has 7 atom stereocenters. The molecule has 0 unspecified atom stereocenters. The minimum absolute atomic E-state index is 0.111. The number of benzene rings is 1. The average Bonchev–Trinajstić information content (AvgIpc) is 3.07. The molecule has 6 heteroatoms. The zero-order chi connectivity index (χ0) is 22.4. The fraction of sp³-hybridized carbons (Fsp3) is 0.577. The Hall–Kier alpha value is -2.63. The van der Waals surface area contributed by atoms with Crippen molar-refractivity contribution in [2.75, 3.05) is 0 Å². The van der Waals surface area contributed by atoms with E-state index in [1.165, 1.54) is 4.90 Å². The van der Waals surface area contributed by atoms with Gasteiger partial charge >= 0.3 is 6.03 Å². The van der Waals surface area contributed by atoms with Crippen molar-refractivity contribution in [3.63, 3.8) is 0 Å². The van der Waals surface area contributed by atoms with Gasteiger partial charge in [-0.1, -0.05) is 42.5 Å². The molecular formula is C26H33N3O3. The molecule has 2 saturated heterocycles. The van der Waals surface area contributed by atoms with Gasteiger partial charge in [0.15, 0.2) is 0 Å². The van der Waals surface area contributed by atoms with E-state index in [9.17, 15) is 14.4 Å². The largest absolute Gasteiger partial charge is 0.319 e. The van der Waals surface area contributed by atoms with Gasteiger partial charge in [-0.05, 0) is 63.4 Å². The van der Waals surface area contributed by atoms with E-state index in [4.69, 9.17) is 0 Å². The van der Waals surface area contributed by atoms with E-state index >= 15 is 0 Å². The molecule has 4 amide bonds. The predicted octanol–water partition coefficient (Wildman–Crippen LogP) is 3.72. The van der Waals surface area contributed by atoms with Crippen molar-refractivity contribution in [3.05, 3.63) is 48.0 Å². The number of amides is 4. The van der Waals surface area contributed by atoms with Gasteiger partial charge in [0, 0.05) is 18.5 Å². The number of rotatable bonds is 4. The lowest BCUT2D eigenvalue weighted by molar-refractivity contribution is -0.143. The second-order valence-corrected chi connectivity index (χ2v) is 10.1. The molecule has 170 valence electrons. The van der Waals surface area contributed by atoms with E-state index in [-0.39, 0.29) is 53.6 Å². The van der Waals surface area contributed by atoms with Crippen molar-refractivity contribution in [2.45, 2.75) is 70.6 Å². The lowest BCUT2D eigenvalue weighted by atomic mass is 9.63. The number of nitrogens with one attached hydrogen (secondary N) is 1. The van der Waals surface area contributed by atoms with E-state index in [1.54, 1.807) is 0 Å². The number of urea groups is 1. The molecule has 1 aromatic carbocycles. The Kier molecular flexibility index (Phi) is 5.56. The Morgan fingerprint density at radius 1 is 0.938 bits per heavy atom. The average molecular weight is 436 g/mol. The maximum atomic E-state index is 13.6.